The fourth-order valence-corrected chi connectivity index (χ4v) is 3.47. The van der Waals surface area contributed by atoms with Gasteiger partial charge in [-0.3, -0.25) is 4.79 Å². The van der Waals surface area contributed by atoms with Crippen LogP contribution in [0.2, 0.25) is 0 Å². The number of amides is 1. The fourth-order valence-electron chi connectivity index (χ4n) is 3.47. The Bertz CT molecular complexity index is 341. The van der Waals surface area contributed by atoms with E-state index in [4.69, 9.17) is 0 Å². The Kier molecular flexibility index (Phi) is 3.61. The lowest BCUT2D eigenvalue weighted by molar-refractivity contribution is -0.902. The molecule has 0 radical (unpaired) electrons. The maximum absolute atomic E-state index is 12.0. The molecule has 1 amide bonds. The largest absolute Gasteiger partial charge is 0.346 e. The lowest BCUT2D eigenvalue weighted by Gasteiger charge is -2.36. The third-order valence-corrected chi connectivity index (χ3v) is 4.71. The standard InChI is InChI=1S/C13H22N4O/c18-13(11-1-5-14-6-2-11)16-15-12-9-17-7-3-10(12)4-8-17/h10-11,14H,1-9H2,(H,16,18)/p+2/b15-12+. The van der Waals surface area contributed by atoms with Crippen molar-refractivity contribution in [2.75, 3.05) is 32.7 Å². The molecule has 4 saturated heterocycles. The summed E-state index contributed by atoms with van der Waals surface area (Å²) in [6.45, 7) is 5.78. The van der Waals surface area contributed by atoms with Gasteiger partial charge in [-0.05, 0) is 0 Å². The van der Waals surface area contributed by atoms with Crippen molar-refractivity contribution >= 4 is 11.6 Å². The first kappa shape index (κ1) is 12.1. The number of nitrogens with one attached hydrogen (secondary N) is 2. The van der Waals surface area contributed by atoms with Gasteiger partial charge in [0.1, 0.15) is 6.54 Å². The molecule has 0 saturated carbocycles. The van der Waals surface area contributed by atoms with E-state index in [2.05, 4.69) is 15.8 Å². The summed E-state index contributed by atoms with van der Waals surface area (Å²) >= 11 is 0. The van der Waals surface area contributed by atoms with Gasteiger partial charge < -0.3 is 10.2 Å². The summed E-state index contributed by atoms with van der Waals surface area (Å²) in [6, 6.07) is 0. The van der Waals surface area contributed by atoms with Gasteiger partial charge in [-0.1, -0.05) is 0 Å². The Balaban J connectivity index is 1.55. The molecule has 100 valence electrons. The molecule has 0 aliphatic carbocycles. The van der Waals surface area contributed by atoms with Gasteiger partial charge in [-0.15, -0.1) is 0 Å². The minimum atomic E-state index is 0.141. The van der Waals surface area contributed by atoms with Gasteiger partial charge in [0, 0.05) is 31.6 Å². The molecule has 18 heavy (non-hydrogen) atoms. The summed E-state index contributed by atoms with van der Waals surface area (Å²) in [5.74, 6) is 0.970. The van der Waals surface area contributed by atoms with Crippen LogP contribution in [0, 0.1) is 11.8 Å². The fraction of sp³-hybridized carbons (Fsp3) is 0.846. The summed E-state index contributed by atoms with van der Waals surface area (Å²) in [5, 5.41) is 6.71. The van der Waals surface area contributed by atoms with Crippen molar-refractivity contribution in [3.8, 4) is 0 Å². The molecule has 4 rings (SSSR count). The molecule has 4 aliphatic rings. The summed E-state index contributed by atoms with van der Waals surface area (Å²) < 4.78 is 0. The molecule has 0 unspecified atom stereocenters. The molecule has 5 nitrogen and oxygen atoms in total. The van der Waals surface area contributed by atoms with Crippen LogP contribution < -0.4 is 15.6 Å². The summed E-state index contributed by atoms with van der Waals surface area (Å²) in [6.07, 6.45) is 4.50. The van der Waals surface area contributed by atoms with E-state index in [0.29, 0.717) is 5.92 Å². The Morgan fingerprint density at radius 3 is 2.56 bits per heavy atom. The van der Waals surface area contributed by atoms with Gasteiger partial charge in [0.15, 0.2) is 0 Å². The van der Waals surface area contributed by atoms with E-state index in [1.165, 1.54) is 31.6 Å². The second-order valence-electron chi connectivity index (χ2n) is 5.92. The van der Waals surface area contributed by atoms with Crippen LogP contribution in [0.1, 0.15) is 25.7 Å². The number of hydrazone groups is 1. The Hall–Kier alpha value is -0.940. The van der Waals surface area contributed by atoms with Gasteiger partial charge in [0.25, 0.3) is 0 Å². The SMILES string of the molecule is O=C(N/N=C1\C[NH+]2CCC1CC2)C1CC[NH2+]CC1. The van der Waals surface area contributed by atoms with Gasteiger partial charge in [-0.25, -0.2) is 5.43 Å². The van der Waals surface area contributed by atoms with Gasteiger partial charge >= 0.3 is 0 Å². The van der Waals surface area contributed by atoms with Gasteiger partial charge in [0.05, 0.1) is 37.8 Å². The molecule has 0 aromatic carbocycles. The van der Waals surface area contributed by atoms with Gasteiger partial charge in [0.2, 0.25) is 5.91 Å². The van der Waals surface area contributed by atoms with E-state index in [1.807, 2.05) is 0 Å². The second-order valence-corrected chi connectivity index (χ2v) is 5.92. The molecule has 0 aromatic heterocycles. The van der Waals surface area contributed by atoms with E-state index in [-0.39, 0.29) is 11.8 Å². The van der Waals surface area contributed by atoms with Crippen molar-refractivity contribution in [2.45, 2.75) is 25.7 Å². The molecule has 0 atom stereocenters. The van der Waals surface area contributed by atoms with E-state index < -0.39 is 0 Å². The number of carbonyl (C=O) groups excluding carboxylic acids is 1. The van der Waals surface area contributed by atoms with Crippen molar-refractivity contribution < 1.29 is 15.0 Å². The first-order chi connectivity index (χ1) is 8.83. The van der Waals surface area contributed by atoms with Crippen molar-refractivity contribution in [3.05, 3.63) is 0 Å². The van der Waals surface area contributed by atoms with Crippen LogP contribution in [0.3, 0.4) is 0 Å². The number of hydrogen-bond donors (Lipinski definition) is 3. The number of rotatable bonds is 2. The normalized spacial score (nSPS) is 34.8. The molecule has 5 heteroatoms. The van der Waals surface area contributed by atoms with Crippen LogP contribution >= 0.6 is 0 Å². The highest BCUT2D eigenvalue weighted by Gasteiger charge is 2.34. The second kappa shape index (κ2) is 5.36. The van der Waals surface area contributed by atoms with Crippen molar-refractivity contribution in [3.63, 3.8) is 0 Å². The number of carbonyl (C=O) groups is 1. The highest BCUT2D eigenvalue weighted by molar-refractivity contribution is 5.90. The Labute approximate surface area is 108 Å². The zero-order chi connectivity index (χ0) is 12.4. The number of nitrogens with zero attached hydrogens (tertiary/aromatic N) is 1. The van der Waals surface area contributed by atoms with Gasteiger partial charge in [-0.2, -0.15) is 5.10 Å². The quantitative estimate of drug-likeness (QED) is 0.477. The smallest absolute Gasteiger partial charge is 0.243 e. The summed E-state index contributed by atoms with van der Waals surface area (Å²) in [5.41, 5.74) is 4.06. The highest BCUT2D eigenvalue weighted by Crippen LogP contribution is 2.15. The minimum absolute atomic E-state index is 0.141. The summed E-state index contributed by atoms with van der Waals surface area (Å²) in [7, 11) is 0. The van der Waals surface area contributed by atoms with Crippen LogP contribution in [-0.2, 0) is 4.79 Å². The Morgan fingerprint density at radius 2 is 1.94 bits per heavy atom. The minimum Gasteiger partial charge on any atom is -0.346 e. The molecular weight excluding hydrogens is 228 g/mol. The topological polar surface area (TPSA) is 62.5 Å². The number of hydrogen-bond acceptors (Lipinski definition) is 2. The van der Waals surface area contributed by atoms with E-state index >= 15 is 0 Å². The maximum atomic E-state index is 12.0. The predicted molar refractivity (Wildman–Crippen MR) is 68.2 cm³/mol. The third-order valence-electron chi connectivity index (χ3n) is 4.71. The van der Waals surface area contributed by atoms with Crippen molar-refractivity contribution in [1.29, 1.82) is 0 Å². The van der Waals surface area contributed by atoms with Crippen LogP contribution in [0.15, 0.2) is 5.10 Å². The Morgan fingerprint density at radius 1 is 1.22 bits per heavy atom. The molecule has 4 aliphatic heterocycles. The molecule has 4 heterocycles. The maximum Gasteiger partial charge on any atom is 0.243 e. The van der Waals surface area contributed by atoms with Crippen LogP contribution in [0.5, 0.6) is 0 Å². The molecule has 2 bridgehead atoms. The molecule has 4 N–H and O–H groups in total. The zero-order valence-corrected chi connectivity index (χ0v) is 11.0. The van der Waals surface area contributed by atoms with Crippen LogP contribution in [-0.4, -0.2) is 44.3 Å². The average Bonchev–Trinajstić information content (AvgIpc) is 2.47. The molecule has 4 fully saturated rings. The molecule has 0 spiro atoms. The average molecular weight is 252 g/mol. The van der Waals surface area contributed by atoms with Crippen molar-refractivity contribution in [1.82, 2.24) is 5.43 Å². The first-order valence-corrected chi connectivity index (χ1v) is 7.34. The lowest BCUT2D eigenvalue weighted by atomic mass is 9.87. The first-order valence-electron chi connectivity index (χ1n) is 7.34. The number of fused-ring (bicyclic) bond motifs is 3. The van der Waals surface area contributed by atoms with Crippen molar-refractivity contribution in [2.24, 2.45) is 16.9 Å². The van der Waals surface area contributed by atoms with E-state index in [0.717, 1.165) is 32.5 Å². The number of piperidine rings is 4. The van der Waals surface area contributed by atoms with Crippen LogP contribution in [0.4, 0.5) is 0 Å². The monoisotopic (exact) mass is 252 g/mol. The molecule has 0 aromatic rings. The lowest BCUT2D eigenvalue weighted by Crippen LogP contribution is -3.16. The molecular formula is C13H24N4O+2. The predicted octanol–water partition coefficient (Wildman–Crippen LogP) is -2.26. The van der Waals surface area contributed by atoms with E-state index in [9.17, 15) is 4.79 Å². The zero-order valence-electron chi connectivity index (χ0n) is 11.0. The highest BCUT2D eigenvalue weighted by atomic mass is 16.2. The number of nitrogens with two attached hydrogens (primary N) is 1. The third kappa shape index (κ3) is 2.57. The van der Waals surface area contributed by atoms with E-state index in [1.54, 1.807) is 4.90 Å². The number of quaternary nitrogens is 2. The van der Waals surface area contributed by atoms with Crippen LogP contribution in [0.25, 0.3) is 0 Å². The summed E-state index contributed by atoms with van der Waals surface area (Å²) in [4.78, 5) is 13.6.